The molecule has 0 fully saturated rings. The van der Waals surface area contributed by atoms with Crippen molar-refractivity contribution in [1.82, 2.24) is 4.90 Å². The van der Waals surface area contributed by atoms with E-state index in [1.165, 1.54) is 38.4 Å². The monoisotopic (exact) mass is 890 g/mol. The maximum Gasteiger partial charge on any atom is 0.266 e. The maximum absolute atomic E-state index is 14.6. The SMILES string of the molecule is Cc1cc(-c2cc(C)c(C(C)(C)C)c3ccccc23)c2ccccc2c1N1C(=O)c2cc3c(cc2C1=O)C1CC(C3=O)c2cc3c(cc2C1=O)C(=O)N(C(C)(C)I)C3=O. The lowest BCUT2D eigenvalue weighted by atomic mass is 9.64. The lowest BCUT2D eigenvalue weighted by molar-refractivity contribution is 0.0594. The summed E-state index contributed by atoms with van der Waals surface area (Å²) in [7, 11) is 0. The van der Waals surface area contributed by atoms with Gasteiger partial charge < -0.3 is 0 Å². The number of imide groups is 2. The molecule has 10 rings (SSSR count). The highest BCUT2D eigenvalue weighted by Gasteiger charge is 2.50. The number of carbonyl (C=O) groups excluding carboxylic acids is 6. The third-order valence-electron chi connectivity index (χ3n) is 12.7. The number of amides is 4. The molecule has 6 aromatic rings. The Kier molecular flexibility index (Phi) is 7.85. The average Bonchev–Trinajstić information content (AvgIpc) is 3.58. The maximum atomic E-state index is 14.6. The first kappa shape index (κ1) is 37.5. The van der Waals surface area contributed by atoms with Gasteiger partial charge in [-0.05, 0) is 125 Å². The second-order valence-corrected chi connectivity index (χ2v) is 20.5. The molecule has 59 heavy (non-hydrogen) atoms. The summed E-state index contributed by atoms with van der Waals surface area (Å²) in [6, 6.07) is 26.6. The predicted molar refractivity (Wildman–Crippen MR) is 236 cm³/mol. The zero-order valence-corrected chi connectivity index (χ0v) is 35.8. The van der Waals surface area contributed by atoms with Gasteiger partial charge in [-0.25, -0.2) is 4.90 Å². The van der Waals surface area contributed by atoms with Gasteiger partial charge in [0.1, 0.15) is 0 Å². The van der Waals surface area contributed by atoms with Crippen molar-refractivity contribution < 1.29 is 28.8 Å². The van der Waals surface area contributed by atoms with Crippen LogP contribution in [0.1, 0.15) is 143 Å². The Morgan fingerprint density at radius 3 is 1.44 bits per heavy atom. The summed E-state index contributed by atoms with van der Waals surface area (Å²) in [5, 5.41) is 3.93. The Morgan fingerprint density at radius 1 is 0.508 bits per heavy atom. The van der Waals surface area contributed by atoms with Crippen molar-refractivity contribution >= 4 is 85.0 Å². The molecule has 4 aliphatic rings. The van der Waals surface area contributed by atoms with Crippen molar-refractivity contribution in [3.63, 3.8) is 0 Å². The van der Waals surface area contributed by atoms with Gasteiger partial charge in [-0.3, -0.25) is 33.7 Å². The summed E-state index contributed by atoms with van der Waals surface area (Å²) >= 11 is 2.03. The van der Waals surface area contributed by atoms with Gasteiger partial charge in [0, 0.05) is 28.3 Å². The summed E-state index contributed by atoms with van der Waals surface area (Å²) in [4.78, 5) is 87.2. The average molecular weight is 891 g/mol. The van der Waals surface area contributed by atoms with Crippen molar-refractivity contribution in [1.29, 1.82) is 0 Å². The van der Waals surface area contributed by atoms with Crippen LogP contribution >= 0.6 is 22.6 Å². The van der Waals surface area contributed by atoms with Crippen molar-refractivity contribution in [3.8, 4) is 11.1 Å². The number of fused-ring (bicyclic) bond motifs is 10. The fraction of sp³-hybridized carbons (Fsp3) is 0.240. The number of carbonyl (C=O) groups is 6. The van der Waals surface area contributed by atoms with Crippen LogP contribution in [0.3, 0.4) is 0 Å². The molecule has 2 atom stereocenters. The molecule has 2 aliphatic heterocycles. The highest BCUT2D eigenvalue weighted by Crippen LogP contribution is 2.51. The van der Waals surface area contributed by atoms with Crippen LogP contribution in [-0.2, 0) is 5.41 Å². The summed E-state index contributed by atoms with van der Waals surface area (Å²) in [5.74, 6) is -4.12. The van der Waals surface area contributed by atoms with Gasteiger partial charge in [-0.2, -0.15) is 0 Å². The molecule has 2 aliphatic carbocycles. The van der Waals surface area contributed by atoms with Crippen LogP contribution < -0.4 is 4.90 Å². The Labute approximate surface area is 354 Å². The van der Waals surface area contributed by atoms with Gasteiger partial charge in [0.15, 0.2) is 11.6 Å². The van der Waals surface area contributed by atoms with E-state index in [1.807, 2.05) is 59.8 Å². The second kappa shape index (κ2) is 12.4. The van der Waals surface area contributed by atoms with E-state index in [0.717, 1.165) is 32.8 Å². The van der Waals surface area contributed by atoms with E-state index in [4.69, 9.17) is 0 Å². The molecule has 6 aromatic carbocycles. The van der Waals surface area contributed by atoms with Crippen molar-refractivity contribution in [3.05, 3.63) is 146 Å². The molecule has 0 saturated heterocycles. The number of benzene rings is 6. The van der Waals surface area contributed by atoms with Crippen LogP contribution in [0.15, 0.2) is 84.9 Å². The number of Topliss-reactive ketones (excluding diaryl/α,β-unsaturated/α-hetero) is 2. The van der Waals surface area contributed by atoms with Crippen LogP contribution in [0.4, 0.5) is 5.69 Å². The second-order valence-electron chi connectivity index (χ2n) is 17.9. The van der Waals surface area contributed by atoms with Crippen LogP contribution in [0.25, 0.3) is 32.7 Å². The minimum atomic E-state index is -0.815. The van der Waals surface area contributed by atoms with E-state index in [2.05, 4.69) is 58.0 Å². The van der Waals surface area contributed by atoms with Crippen molar-refractivity contribution in [2.24, 2.45) is 0 Å². The number of halogens is 1. The zero-order chi connectivity index (χ0) is 41.8. The molecular weight excluding hydrogens is 851 g/mol. The standard InChI is InChI=1S/C50H39IN2O6/c1-23-16-29(25-12-8-10-14-27(25)41(23)49(3,4)5)30-17-24(2)42(28-15-11-9-13-26(28)30)52-45(56)37-18-31-33-20-34(43(54)35(31)21-38(37)46(52)57)32-19-39-40(22-36(32)44(33)55)48(59)53(47(39)58)50(6,7)51/h8-19,21-22,33-34H,20H2,1-7H3. The van der Waals surface area contributed by atoms with Crippen LogP contribution in [-0.4, -0.2) is 43.6 Å². The minimum Gasteiger partial charge on any atom is -0.293 e. The third kappa shape index (κ3) is 5.12. The molecule has 8 nitrogen and oxygen atoms in total. The smallest absolute Gasteiger partial charge is 0.266 e. The van der Waals surface area contributed by atoms with Crippen molar-refractivity contribution in [2.75, 3.05) is 4.90 Å². The Balaban J connectivity index is 1.08. The number of rotatable bonds is 3. The number of alkyl halides is 1. The quantitative estimate of drug-likeness (QED) is 0.0758. The molecule has 292 valence electrons. The summed E-state index contributed by atoms with van der Waals surface area (Å²) in [6.07, 6.45) is 0.167. The molecule has 0 N–H and O–H groups in total. The summed E-state index contributed by atoms with van der Waals surface area (Å²) in [6.45, 7) is 14.3. The van der Waals surface area contributed by atoms with E-state index in [0.29, 0.717) is 16.8 Å². The summed E-state index contributed by atoms with van der Waals surface area (Å²) < 4.78 is -0.815. The number of hydrogen-bond acceptors (Lipinski definition) is 6. The number of hydrogen-bond donors (Lipinski definition) is 0. The molecule has 0 aromatic heterocycles. The van der Waals surface area contributed by atoms with Gasteiger partial charge in [-0.15, -0.1) is 0 Å². The highest BCUT2D eigenvalue weighted by atomic mass is 127. The lowest BCUT2D eigenvalue weighted by Gasteiger charge is -2.36. The minimum absolute atomic E-state index is 0.0788. The van der Waals surface area contributed by atoms with E-state index in [1.54, 1.807) is 26.0 Å². The van der Waals surface area contributed by atoms with Gasteiger partial charge in [-0.1, -0.05) is 98.0 Å². The van der Waals surface area contributed by atoms with Crippen molar-refractivity contribution in [2.45, 2.75) is 75.7 Å². The number of anilines is 1. The fourth-order valence-corrected chi connectivity index (χ4v) is 10.8. The molecule has 4 amide bonds. The first-order chi connectivity index (χ1) is 27.9. The Hall–Kier alpha value is -5.81. The van der Waals surface area contributed by atoms with E-state index in [-0.39, 0.29) is 56.8 Å². The van der Waals surface area contributed by atoms with Crippen LogP contribution in [0.2, 0.25) is 0 Å². The van der Waals surface area contributed by atoms with Gasteiger partial charge in [0.2, 0.25) is 0 Å². The largest absolute Gasteiger partial charge is 0.293 e. The first-order valence-corrected chi connectivity index (χ1v) is 20.9. The number of aryl methyl sites for hydroxylation is 2. The molecule has 0 radical (unpaired) electrons. The Morgan fingerprint density at radius 2 is 0.932 bits per heavy atom. The topological polar surface area (TPSA) is 109 Å². The Bertz CT molecular complexity index is 3050. The molecule has 2 bridgehead atoms. The van der Waals surface area contributed by atoms with Gasteiger partial charge >= 0.3 is 0 Å². The lowest BCUT2D eigenvalue weighted by Crippen LogP contribution is -2.42. The molecule has 2 unspecified atom stereocenters. The van der Waals surface area contributed by atoms with Gasteiger partial charge in [0.05, 0.1) is 31.5 Å². The molecule has 9 heteroatoms. The van der Waals surface area contributed by atoms with Gasteiger partial charge in [0.25, 0.3) is 23.6 Å². The number of ketones is 2. The zero-order valence-electron chi connectivity index (χ0n) is 33.7. The molecule has 0 saturated carbocycles. The normalized spacial score (nSPS) is 18.6. The molecular formula is C50H39IN2O6. The van der Waals surface area contributed by atoms with Crippen LogP contribution in [0.5, 0.6) is 0 Å². The highest BCUT2D eigenvalue weighted by molar-refractivity contribution is 14.1. The van der Waals surface area contributed by atoms with E-state index < -0.39 is 39.0 Å². The van der Waals surface area contributed by atoms with Crippen LogP contribution in [0, 0.1) is 13.8 Å². The van der Waals surface area contributed by atoms with E-state index >= 15 is 0 Å². The molecule has 0 spiro atoms. The fourth-order valence-electron chi connectivity index (χ4n) is 10.4. The molecule has 2 heterocycles. The summed E-state index contributed by atoms with van der Waals surface area (Å²) in [5.41, 5.74) is 7.49. The predicted octanol–water partition coefficient (Wildman–Crippen LogP) is 10.8. The van der Waals surface area contributed by atoms with E-state index in [9.17, 15) is 28.8 Å². The first-order valence-electron chi connectivity index (χ1n) is 19.8. The number of nitrogens with zero attached hydrogens (tertiary/aromatic N) is 2. The third-order valence-corrected chi connectivity index (χ3v) is 13.2.